The van der Waals surface area contributed by atoms with Crippen LogP contribution in [0.1, 0.15) is 0 Å². The number of H-pyrrole nitrogens is 1. The minimum absolute atomic E-state index is 0.596. The van der Waals surface area contributed by atoms with Crippen LogP contribution < -0.4 is 9.38 Å². The van der Waals surface area contributed by atoms with Crippen LogP contribution in [-0.2, 0) is 7.05 Å². The summed E-state index contributed by atoms with van der Waals surface area (Å²) in [7, 11) is 1.93. The highest BCUT2D eigenvalue weighted by Crippen LogP contribution is 2.27. The standard InChI is InChI=1S/C22H16Cl2N7S/c1-30-22(32-21(27-30)14-5-7-16(23)8-6-14)31(18-11-9-17(24)10-12-18)19-4-2-3-15(13-19)20-25-28-29-26-20/h2-13H,1H3,(H,25,26,28,29)/q+1. The van der Waals surface area contributed by atoms with Crippen LogP contribution in [0.2, 0.25) is 10.0 Å². The maximum absolute atomic E-state index is 6.16. The minimum Gasteiger partial charge on any atom is -0.239 e. The van der Waals surface area contributed by atoms with Gasteiger partial charge in [-0.2, -0.15) is 4.58 Å². The fraction of sp³-hybridized carbons (Fsp3) is 0.0455. The van der Waals surface area contributed by atoms with Crippen molar-refractivity contribution in [2.45, 2.75) is 0 Å². The molecule has 0 aliphatic rings. The Balaban J connectivity index is 1.75. The predicted molar refractivity (Wildman–Crippen MR) is 127 cm³/mol. The summed E-state index contributed by atoms with van der Waals surface area (Å²) >= 11 is 13.8. The third-order valence-corrected chi connectivity index (χ3v) is 6.44. The third kappa shape index (κ3) is 4.08. The topological polar surface area (TPSA) is 75.3 Å². The molecule has 0 fully saturated rings. The van der Waals surface area contributed by atoms with Gasteiger partial charge in [-0.1, -0.05) is 52.6 Å². The van der Waals surface area contributed by atoms with E-state index in [1.165, 1.54) is 0 Å². The summed E-state index contributed by atoms with van der Waals surface area (Å²) in [6.07, 6.45) is 0. The molecule has 0 aliphatic heterocycles. The second-order valence-corrected chi connectivity index (χ2v) is 8.76. The Hall–Kier alpha value is -3.33. The van der Waals surface area contributed by atoms with Crippen molar-refractivity contribution in [3.05, 3.63) is 87.6 Å². The molecule has 0 atom stereocenters. The molecule has 0 saturated heterocycles. The largest absolute Gasteiger partial charge is 0.368 e. The average molecular weight is 481 g/mol. The quantitative estimate of drug-likeness (QED) is 0.364. The number of halogens is 2. The minimum atomic E-state index is 0.596. The van der Waals surface area contributed by atoms with Crippen molar-refractivity contribution in [3.8, 4) is 22.0 Å². The van der Waals surface area contributed by atoms with E-state index in [0.717, 1.165) is 32.3 Å². The van der Waals surface area contributed by atoms with Crippen LogP contribution in [-0.4, -0.2) is 30.4 Å². The van der Waals surface area contributed by atoms with E-state index in [0.29, 0.717) is 15.9 Å². The molecule has 7 nitrogen and oxygen atoms in total. The van der Waals surface area contributed by atoms with Gasteiger partial charge in [-0.15, -0.1) is 9.78 Å². The second-order valence-electron chi connectivity index (χ2n) is 6.93. The lowest BCUT2D eigenvalue weighted by atomic mass is 10.2. The number of benzene rings is 3. The summed E-state index contributed by atoms with van der Waals surface area (Å²) in [6.45, 7) is 0. The molecule has 0 aliphatic carbocycles. The van der Waals surface area contributed by atoms with Crippen molar-refractivity contribution in [2.24, 2.45) is 7.05 Å². The SMILES string of the molecule is Cn1nc(-c2ccc(Cl)cc2)sc1=[N+](c1ccc(Cl)cc1)c1cccc(-c2nnn[nH]2)c1. The lowest BCUT2D eigenvalue weighted by molar-refractivity contribution is 0.700. The molecule has 0 bridgehead atoms. The van der Waals surface area contributed by atoms with Crippen molar-refractivity contribution >= 4 is 45.9 Å². The van der Waals surface area contributed by atoms with Gasteiger partial charge in [-0.05, 0) is 70.3 Å². The van der Waals surface area contributed by atoms with E-state index in [2.05, 4.69) is 25.2 Å². The summed E-state index contributed by atoms with van der Waals surface area (Å²) in [5.74, 6) is 0.596. The number of nitrogens with zero attached hydrogens (tertiary/aromatic N) is 6. The lowest BCUT2D eigenvalue weighted by Crippen LogP contribution is -2.26. The smallest absolute Gasteiger partial charge is 0.239 e. The summed E-state index contributed by atoms with van der Waals surface area (Å²) in [4.78, 5) is 0.921. The number of tetrazole rings is 1. The van der Waals surface area contributed by atoms with Gasteiger partial charge in [0.25, 0.3) is 0 Å². The number of aromatic amines is 1. The van der Waals surface area contributed by atoms with Gasteiger partial charge in [-0.25, -0.2) is 5.10 Å². The first-order valence-electron chi connectivity index (χ1n) is 9.61. The van der Waals surface area contributed by atoms with E-state index in [1.54, 1.807) is 11.3 Å². The first-order valence-corrected chi connectivity index (χ1v) is 11.2. The van der Waals surface area contributed by atoms with Gasteiger partial charge in [0, 0.05) is 21.2 Å². The molecule has 2 aromatic heterocycles. The van der Waals surface area contributed by atoms with Gasteiger partial charge in [0.05, 0.1) is 0 Å². The van der Waals surface area contributed by atoms with E-state index in [1.807, 2.05) is 84.5 Å². The molecule has 0 unspecified atom stereocenters. The second kappa shape index (κ2) is 8.66. The van der Waals surface area contributed by atoms with E-state index in [9.17, 15) is 0 Å². The normalized spacial score (nSPS) is 12.1. The van der Waals surface area contributed by atoms with Crippen molar-refractivity contribution in [1.82, 2.24) is 35.0 Å². The Morgan fingerprint density at radius 2 is 1.59 bits per heavy atom. The molecule has 0 amide bonds. The van der Waals surface area contributed by atoms with E-state index in [4.69, 9.17) is 28.3 Å². The van der Waals surface area contributed by atoms with Crippen LogP contribution in [0, 0.1) is 0 Å². The van der Waals surface area contributed by atoms with E-state index < -0.39 is 0 Å². The van der Waals surface area contributed by atoms with Crippen LogP contribution in [0.4, 0.5) is 11.4 Å². The highest BCUT2D eigenvalue weighted by molar-refractivity contribution is 7.12. The average Bonchev–Trinajstić information content (AvgIpc) is 3.47. The Morgan fingerprint density at radius 1 is 0.875 bits per heavy atom. The monoisotopic (exact) mass is 480 g/mol. The highest BCUT2D eigenvalue weighted by Gasteiger charge is 2.19. The van der Waals surface area contributed by atoms with Crippen molar-refractivity contribution < 1.29 is 0 Å². The third-order valence-electron chi connectivity index (χ3n) is 4.80. The Labute approximate surface area is 197 Å². The van der Waals surface area contributed by atoms with Gasteiger partial charge in [-0.3, -0.25) is 0 Å². The van der Waals surface area contributed by atoms with E-state index >= 15 is 0 Å². The zero-order chi connectivity index (χ0) is 22.1. The fourth-order valence-electron chi connectivity index (χ4n) is 3.29. The van der Waals surface area contributed by atoms with Gasteiger partial charge in [0.2, 0.25) is 0 Å². The number of aryl methyl sites for hydroxylation is 1. The molecule has 1 N–H and O–H groups in total. The maximum Gasteiger partial charge on any atom is 0.368 e. The molecule has 158 valence electrons. The number of aromatic nitrogens is 6. The summed E-state index contributed by atoms with van der Waals surface area (Å²) in [5.41, 5.74) is 3.75. The number of hydrogen-bond acceptors (Lipinski definition) is 5. The van der Waals surface area contributed by atoms with Crippen LogP contribution in [0.25, 0.3) is 22.0 Å². The van der Waals surface area contributed by atoms with Crippen molar-refractivity contribution in [1.29, 1.82) is 0 Å². The van der Waals surface area contributed by atoms with Gasteiger partial charge in [0.1, 0.15) is 18.4 Å². The molecule has 0 radical (unpaired) electrons. The Morgan fingerprint density at radius 3 is 2.28 bits per heavy atom. The van der Waals surface area contributed by atoms with Crippen LogP contribution >= 0.6 is 34.5 Å². The Bertz CT molecular complexity index is 1440. The Kier molecular flexibility index (Phi) is 5.57. The molecule has 32 heavy (non-hydrogen) atoms. The molecule has 0 saturated carbocycles. The van der Waals surface area contributed by atoms with Gasteiger partial charge in [0.15, 0.2) is 10.8 Å². The van der Waals surface area contributed by atoms with Crippen molar-refractivity contribution in [3.63, 3.8) is 0 Å². The number of hydrogen-bond donors (Lipinski definition) is 1. The molecule has 0 spiro atoms. The van der Waals surface area contributed by atoms with E-state index in [-0.39, 0.29) is 0 Å². The molecule has 5 aromatic rings. The molecular formula is C22H16Cl2N7S+. The first kappa shape index (κ1) is 20.6. The first-order chi connectivity index (χ1) is 15.6. The predicted octanol–water partition coefficient (Wildman–Crippen LogP) is 5.07. The zero-order valence-electron chi connectivity index (χ0n) is 16.8. The zero-order valence-corrected chi connectivity index (χ0v) is 19.1. The van der Waals surface area contributed by atoms with Crippen LogP contribution in [0.5, 0.6) is 0 Å². The molecule has 5 rings (SSSR count). The molecular weight excluding hydrogens is 465 g/mol. The van der Waals surface area contributed by atoms with Crippen molar-refractivity contribution in [2.75, 3.05) is 0 Å². The van der Waals surface area contributed by atoms with Crippen LogP contribution in [0.3, 0.4) is 0 Å². The summed E-state index contributed by atoms with van der Waals surface area (Å²) in [6, 6.07) is 23.3. The summed E-state index contributed by atoms with van der Waals surface area (Å²) < 4.78 is 3.99. The lowest BCUT2D eigenvalue weighted by Gasteiger charge is -2.07. The fourth-order valence-corrected chi connectivity index (χ4v) is 4.60. The number of rotatable bonds is 4. The maximum atomic E-state index is 6.16. The molecule has 3 aromatic carbocycles. The molecule has 10 heteroatoms. The van der Waals surface area contributed by atoms with Gasteiger partial charge < -0.3 is 0 Å². The number of nitrogens with one attached hydrogen (secondary N) is 1. The highest BCUT2D eigenvalue weighted by atomic mass is 35.5. The summed E-state index contributed by atoms with van der Waals surface area (Å²) in [5, 5.41) is 21.2. The van der Waals surface area contributed by atoms with Gasteiger partial charge >= 0.3 is 4.80 Å². The molecule has 2 heterocycles. The van der Waals surface area contributed by atoms with Crippen LogP contribution in [0.15, 0.2) is 72.8 Å².